The molecule has 0 saturated carbocycles. The third-order valence-corrected chi connectivity index (χ3v) is 11.2. The third-order valence-electron chi connectivity index (χ3n) is 11.2. The molecule has 0 aromatic heterocycles. The molecule has 0 aliphatic carbocycles. The Hall–Kier alpha value is -4.24. The van der Waals surface area contributed by atoms with Gasteiger partial charge in [-0.05, 0) is 0 Å². The molecule has 496 valence electrons. The van der Waals surface area contributed by atoms with Crippen LogP contribution in [0.5, 0.6) is 0 Å². The lowest BCUT2D eigenvalue weighted by molar-refractivity contribution is -0.872. The fraction of sp³-hybridized carbons (Fsp3) is 0.333. The minimum atomic E-state index is 0. The average molecular weight is 1370 g/mol. The molecule has 0 spiro atoms. The van der Waals surface area contributed by atoms with E-state index in [-0.39, 0.29) is 99.3 Å². The summed E-state index contributed by atoms with van der Waals surface area (Å²) in [6, 6.07) is 84.3. The summed E-state index contributed by atoms with van der Waals surface area (Å²) < 4.78 is 0. The summed E-state index contributed by atoms with van der Waals surface area (Å²) in [6.45, 7) is 8.90. The minimum absolute atomic E-state index is 0. The predicted octanol–water partition coefficient (Wildman–Crippen LogP) is -21.3. The molecule has 8 aromatic carbocycles. The van der Waals surface area contributed by atoms with Gasteiger partial charge in [0.05, 0.1) is 113 Å². The highest BCUT2D eigenvalue weighted by molar-refractivity contribution is 5.17. The zero-order valence-electron chi connectivity index (χ0n) is 55.8. The van der Waals surface area contributed by atoms with Gasteiger partial charge in [0.1, 0.15) is 52.4 Å². The summed E-state index contributed by atoms with van der Waals surface area (Å²) in [5.74, 6) is 0. The number of hydrogen-bond donors (Lipinski definition) is 8. The Labute approximate surface area is 586 Å². The average Bonchev–Trinajstić information content (AvgIpc) is 3.41. The molecule has 88 heavy (non-hydrogen) atoms. The molecule has 8 N–H and O–H groups in total. The van der Waals surface area contributed by atoms with Gasteiger partial charge < -0.3 is 138 Å². The Balaban J connectivity index is -0.000000137. The fourth-order valence-electron chi connectivity index (χ4n) is 8.03. The quantitative estimate of drug-likeness (QED) is 0.0475. The number of hydrogen-bond acceptors (Lipinski definition) is 0. The van der Waals surface area contributed by atoms with E-state index in [0.717, 1.165) is 52.4 Å². The topological polar surface area (TPSA) is 35.5 Å². The molecule has 0 amide bonds. The number of quaternary nitrogens is 8. The van der Waals surface area contributed by atoms with Gasteiger partial charge in [-0.1, -0.05) is 243 Å². The van der Waals surface area contributed by atoms with Crippen molar-refractivity contribution in [2.24, 2.45) is 0 Å². The van der Waals surface area contributed by atoms with Gasteiger partial charge in [-0.15, -0.1) is 0 Å². The maximum Gasteiger partial charge on any atom is 0.102 e. The van der Waals surface area contributed by atoms with E-state index in [1.807, 2.05) is 0 Å². The molecule has 0 bridgehead atoms. The van der Waals surface area contributed by atoms with Crippen LogP contribution in [0.25, 0.3) is 0 Å². The molecule has 0 aliphatic rings. The first-order valence-electron chi connectivity index (χ1n) is 28.9. The Kier molecular flexibility index (Phi) is 74.6. The molecule has 0 fully saturated rings. The van der Waals surface area contributed by atoms with E-state index >= 15 is 0 Å². The van der Waals surface area contributed by atoms with Crippen molar-refractivity contribution in [3.63, 3.8) is 0 Å². The van der Waals surface area contributed by atoms with E-state index in [2.05, 4.69) is 355 Å². The summed E-state index contributed by atoms with van der Waals surface area (Å²) in [6.07, 6.45) is 0. The first-order valence-corrected chi connectivity index (χ1v) is 28.9. The summed E-state index contributed by atoms with van der Waals surface area (Å²) in [4.78, 5) is 11.7. The molecule has 0 aliphatic heterocycles. The van der Waals surface area contributed by atoms with Crippen LogP contribution in [0.15, 0.2) is 243 Å². The highest BCUT2D eigenvalue weighted by Crippen LogP contribution is 1.99. The Morgan fingerprint density at radius 2 is 0.205 bits per heavy atom. The van der Waals surface area contributed by atoms with Crippen molar-refractivity contribution in [2.45, 2.75) is 52.4 Å². The van der Waals surface area contributed by atoms with Crippen molar-refractivity contribution in [3.05, 3.63) is 287 Å². The lowest BCUT2D eigenvalue weighted by atomic mass is 10.2. The first-order chi connectivity index (χ1) is 38.3. The number of halogens is 8. The van der Waals surface area contributed by atoms with Gasteiger partial charge in [0, 0.05) is 44.5 Å². The van der Waals surface area contributed by atoms with E-state index in [9.17, 15) is 0 Å². The van der Waals surface area contributed by atoms with Crippen molar-refractivity contribution in [1.29, 1.82) is 0 Å². The molecular weight excluding hydrogens is 1260 g/mol. The second-order valence-electron chi connectivity index (χ2n) is 23.0. The highest BCUT2D eigenvalue weighted by atomic mass is 35.5. The number of rotatable bonds is 16. The largest absolute Gasteiger partial charge is 1.00 e. The molecule has 8 rings (SSSR count). The molecular formula is C72H112Cl8N8. The standard InChI is InChI=1S/8C9H13N.8ClH/c8*1-10(2)8-9-6-4-3-5-7-9;;;;;;;;/h8*3-7H,8H2,1-2H3;8*1H. The zero-order chi connectivity index (χ0) is 59.2. The fourth-order valence-corrected chi connectivity index (χ4v) is 8.03. The molecule has 0 saturated heterocycles. The second kappa shape index (κ2) is 65.7. The molecule has 0 unspecified atom stereocenters. The van der Waals surface area contributed by atoms with Crippen molar-refractivity contribution in [2.75, 3.05) is 113 Å². The molecule has 16 heteroatoms. The Morgan fingerprint density at radius 1 is 0.136 bits per heavy atom. The van der Waals surface area contributed by atoms with E-state index in [1.165, 1.54) is 83.7 Å². The maximum absolute atomic E-state index is 2.16. The predicted molar refractivity (Wildman–Crippen MR) is 344 cm³/mol. The molecule has 8 nitrogen and oxygen atoms in total. The van der Waals surface area contributed by atoms with Gasteiger partial charge >= 0.3 is 0 Å². The second-order valence-corrected chi connectivity index (χ2v) is 23.0. The van der Waals surface area contributed by atoms with Crippen LogP contribution in [-0.4, -0.2) is 113 Å². The van der Waals surface area contributed by atoms with E-state index < -0.39 is 0 Å². The van der Waals surface area contributed by atoms with Crippen LogP contribution in [0.4, 0.5) is 0 Å². The van der Waals surface area contributed by atoms with Gasteiger partial charge in [0.2, 0.25) is 0 Å². The highest BCUT2D eigenvalue weighted by Gasteiger charge is 1.99. The molecule has 0 heterocycles. The van der Waals surface area contributed by atoms with Gasteiger partial charge in [-0.3, -0.25) is 0 Å². The van der Waals surface area contributed by atoms with Gasteiger partial charge in [-0.25, -0.2) is 0 Å². The molecule has 0 atom stereocenters. The Bertz CT molecular complexity index is 2020. The van der Waals surface area contributed by atoms with E-state index in [0.29, 0.717) is 0 Å². The van der Waals surface area contributed by atoms with Crippen molar-refractivity contribution < 1.29 is 138 Å². The van der Waals surface area contributed by atoms with Crippen LogP contribution in [0.1, 0.15) is 44.5 Å². The van der Waals surface area contributed by atoms with Gasteiger partial charge in [-0.2, -0.15) is 0 Å². The maximum atomic E-state index is 2.16. The summed E-state index contributed by atoms with van der Waals surface area (Å²) in [5, 5.41) is 0. The van der Waals surface area contributed by atoms with Crippen LogP contribution in [-0.2, 0) is 52.4 Å². The smallest absolute Gasteiger partial charge is 0.102 e. The SMILES string of the molecule is C[NH+](C)Cc1ccccc1.C[NH+](C)Cc1ccccc1.C[NH+](C)Cc1ccccc1.C[NH+](C)Cc1ccccc1.C[NH+](C)Cc1ccccc1.C[NH+](C)Cc1ccccc1.C[NH+](C)Cc1ccccc1.C[NH+](C)Cc1ccccc1.[Cl-].[Cl-].[Cl-].[Cl-].[Cl-].[Cl-].[Cl-].[Cl-]. The number of benzene rings is 8. The van der Waals surface area contributed by atoms with Crippen molar-refractivity contribution in [1.82, 2.24) is 0 Å². The zero-order valence-corrected chi connectivity index (χ0v) is 61.8. The summed E-state index contributed by atoms with van der Waals surface area (Å²) >= 11 is 0. The number of nitrogens with one attached hydrogen (secondary N) is 8. The normalized spacial score (nSPS) is 9.36. The van der Waals surface area contributed by atoms with Gasteiger partial charge in [0.25, 0.3) is 0 Å². The van der Waals surface area contributed by atoms with Crippen LogP contribution in [0.2, 0.25) is 0 Å². The molecule has 0 radical (unpaired) electrons. The van der Waals surface area contributed by atoms with Crippen LogP contribution in [0.3, 0.4) is 0 Å². The summed E-state index contributed by atoms with van der Waals surface area (Å²) in [5.41, 5.74) is 11.2. The Morgan fingerprint density at radius 3 is 0.261 bits per heavy atom. The summed E-state index contributed by atoms with van der Waals surface area (Å²) in [7, 11) is 34.6. The van der Waals surface area contributed by atoms with Crippen LogP contribution in [0, 0.1) is 0 Å². The molecule has 8 aromatic rings. The third kappa shape index (κ3) is 63.3. The lowest BCUT2D eigenvalue weighted by Crippen LogP contribution is -3.04. The van der Waals surface area contributed by atoms with E-state index in [4.69, 9.17) is 0 Å². The van der Waals surface area contributed by atoms with Crippen molar-refractivity contribution in [3.8, 4) is 0 Å². The minimum Gasteiger partial charge on any atom is -1.00 e. The first kappa shape index (κ1) is 100.0. The lowest BCUT2D eigenvalue weighted by Gasteiger charge is -2.05. The van der Waals surface area contributed by atoms with Crippen LogP contribution >= 0.6 is 0 Å². The van der Waals surface area contributed by atoms with E-state index in [1.54, 1.807) is 0 Å². The monoisotopic (exact) mass is 1370 g/mol. The van der Waals surface area contributed by atoms with Crippen LogP contribution < -0.4 is 138 Å². The van der Waals surface area contributed by atoms with Crippen molar-refractivity contribution >= 4 is 0 Å². The van der Waals surface area contributed by atoms with Gasteiger partial charge in [0.15, 0.2) is 0 Å².